The summed E-state index contributed by atoms with van der Waals surface area (Å²) in [6, 6.07) is 12.6. The molecule has 0 saturated carbocycles. The molecule has 1 aromatic heterocycles. The molecule has 0 saturated heterocycles. The number of pyridine rings is 1. The van der Waals surface area contributed by atoms with E-state index in [0.29, 0.717) is 33.5 Å². The summed E-state index contributed by atoms with van der Waals surface area (Å²) < 4.78 is 17.8. The molecular weight excluding hydrogens is 337 g/mol. The maximum atomic E-state index is 13.3. The molecular formula is C19H16FN3O3. The average Bonchev–Trinajstić information content (AvgIpc) is 2.61. The fourth-order valence-corrected chi connectivity index (χ4v) is 2.51. The molecule has 132 valence electrons. The highest BCUT2D eigenvalue weighted by Gasteiger charge is 2.13. The standard InChI is InChI=1S/C19H16FN3O3/c1-11-16(8-12-6-7-13(20)9-17(12)21-11)18(24)22-14-4-3-5-15(10-14)23-19(25)26-2/h3-10H,1-2H3,(H,22,24)(H,23,25). The number of hydrogen-bond acceptors (Lipinski definition) is 4. The monoisotopic (exact) mass is 353 g/mol. The zero-order valence-corrected chi connectivity index (χ0v) is 14.2. The van der Waals surface area contributed by atoms with Crippen LogP contribution in [0.1, 0.15) is 16.1 Å². The molecule has 26 heavy (non-hydrogen) atoms. The number of halogens is 1. The van der Waals surface area contributed by atoms with Gasteiger partial charge in [0.2, 0.25) is 0 Å². The molecule has 3 aromatic rings. The number of rotatable bonds is 3. The van der Waals surface area contributed by atoms with E-state index in [1.54, 1.807) is 43.3 Å². The number of nitrogens with one attached hydrogen (secondary N) is 2. The predicted octanol–water partition coefficient (Wildman–Crippen LogP) is 4.11. The SMILES string of the molecule is COC(=O)Nc1cccc(NC(=O)c2cc3ccc(F)cc3nc2C)c1. The lowest BCUT2D eigenvalue weighted by Crippen LogP contribution is -2.15. The van der Waals surface area contributed by atoms with Gasteiger partial charge in [-0.15, -0.1) is 0 Å². The van der Waals surface area contributed by atoms with Crippen LogP contribution >= 0.6 is 0 Å². The summed E-state index contributed by atoms with van der Waals surface area (Å²) in [5, 5.41) is 5.96. The van der Waals surface area contributed by atoms with Crippen molar-refractivity contribution in [1.29, 1.82) is 0 Å². The molecule has 0 spiro atoms. The molecule has 0 aliphatic heterocycles. The van der Waals surface area contributed by atoms with Gasteiger partial charge < -0.3 is 10.1 Å². The maximum Gasteiger partial charge on any atom is 0.411 e. The Hall–Kier alpha value is -3.48. The van der Waals surface area contributed by atoms with Crippen molar-refractivity contribution in [2.24, 2.45) is 0 Å². The second kappa shape index (κ2) is 7.18. The number of anilines is 2. The number of methoxy groups -OCH3 is 1. The number of carbonyl (C=O) groups excluding carboxylic acids is 2. The zero-order chi connectivity index (χ0) is 18.7. The first-order chi connectivity index (χ1) is 12.5. The Morgan fingerprint density at radius 3 is 2.50 bits per heavy atom. The van der Waals surface area contributed by atoms with Crippen LogP contribution in [-0.2, 0) is 4.74 Å². The third-order valence-electron chi connectivity index (χ3n) is 3.77. The second-order valence-corrected chi connectivity index (χ2v) is 5.61. The number of aryl methyl sites for hydroxylation is 1. The highest BCUT2D eigenvalue weighted by molar-refractivity contribution is 6.07. The van der Waals surface area contributed by atoms with E-state index in [9.17, 15) is 14.0 Å². The molecule has 2 amide bonds. The molecule has 0 aliphatic rings. The molecule has 2 N–H and O–H groups in total. The number of fused-ring (bicyclic) bond motifs is 1. The Morgan fingerprint density at radius 2 is 1.77 bits per heavy atom. The molecule has 0 radical (unpaired) electrons. The fraction of sp³-hybridized carbons (Fsp3) is 0.105. The van der Waals surface area contributed by atoms with Crippen molar-refractivity contribution in [2.75, 3.05) is 17.7 Å². The van der Waals surface area contributed by atoms with E-state index in [4.69, 9.17) is 0 Å². The molecule has 7 heteroatoms. The molecule has 0 aliphatic carbocycles. The van der Waals surface area contributed by atoms with Crippen LogP contribution in [0.2, 0.25) is 0 Å². The van der Waals surface area contributed by atoms with Crippen LogP contribution < -0.4 is 10.6 Å². The molecule has 0 atom stereocenters. The first kappa shape index (κ1) is 17.3. The lowest BCUT2D eigenvalue weighted by atomic mass is 10.1. The minimum Gasteiger partial charge on any atom is -0.453 e. The number of nitrogens with zero attached hydrogens (tertiary/aromatic N) is 1. The van der Waals surface area contributed by atoms with Gasteiger partial charge in [0.25, 0.3) is 5.91 Å². The van der Waals surface area contributed by atoms with E-state index in [0.717, 1.165) is 0 Å². The highest BCUT2D eigenvalue weighted by Crippen LogP contribution is 2.20. The van der Waals surface area contributed by atoms with Gasteiger partial charge in [-0.2, -0.15) is 0 Å². The van der Waals surface area contributed by atoms with Crippen LogP contribution in [0.4, 0.5) is 20.6 Å². The van der Waals surface area contributed by atoms with Crippen molar-refractivity contribution in [1.82, 2.24) is 4.98 Å². The van der Waals surface area contributed by atoms with Gasteiger partial charge in [0.05, 0.1) is 23.9 Å². The summed E-state index contributed by atoms with van der Waals surface area (Å²) >= 11 is 0. The number of ether oxygens (including phenoxy) is 1. The number of amides is 2. The van der Waals surface area contributed by atoms with E-state index in [1.165, 1.54) is 19.2 Å². The molecule has 3 rings (SSSR count). The lowest BCUT2D eigenvalue weighted by Gasteiger charge is -2.10. The Morgan fingerprint density at radius 1 is 1.04 bits per heavy atom. The molecule has 0 fully saturated rings. The van der Waals surface area contributed by atoms with Gasteiger partial charge in [0.15, 0.2) is 0 Å². The van der Waals surface area contributed by atoms with E-state index in [2.05, 4.69) is 20.4 Å². The normalized spacial score (nSPS) is 10.4. The maximum absolute atomic E-state index is 13.3. The van der Waals surface area contributed by atoms with Crippen LogP contribution in [0.25, 0.3) is 10.9 Å². The topological polar surface area (TPSA) is 80.3 Å². The van der Waals surface area contributed by atoms with Crippen molar-refractivity contribution >= 4 is 34.3 Å². The Labute approximate surface area is 149 Å². The summed E-state index contributed by atoms with van der Waals surface area (Å²) in [6.07, 6.45) is -0.602. The smallest absolute Gasteiger partial charge is 0.411 e. The summed E-state index contributed by atoms with van der Waals surface area (Å²) in [5.74, 6) is -0.729. The van der Waals surface area contributed by atoms with Crippen LogP contribution in [0.3, 0.4) is 0 Å². The predicted molar refractivity (Wildman–Crippen MR) is 96.9 cm³/mol. The molecule has 0 unspecified atom stereocenters. The fourth-order valence-electron chi connectivity index (χ4n) is 2.51. The first-order valence-corrected chi connectivity index (χ1v) is 7.79. The number of hydrogen-bond donors (Lipinski definition) is 2. The Balaban J connectivity index is 1.85. The van der Waals surface area contributed by atoms with Crippen LogP contribution in [0, 0.1) is 12.7 Å². The molecule has 1 heterocycles. The molecule has 0 bridgehead atoms. The Kier molecular flexibility index (Phi) is 4.79. The third-order valence-corrected chi connectivity index (χ3v) is 3.77. The Bertz CT molecular complexity index is 1000. The summed E-state index contributed by atoms with van der Waals surface area (Å²) in [4.78, 5) is 28.2. The van der Waals surface area contributed by atoms with Crippen molar-refractivity contribution in [3.05, 3.63) is 65.6 Å². The van der Waals surface area contributed by atoms with E-state index in [1.807, 2.05) is 0 Å². The zero-order valence-electron chi connectivity index (χ0n) is 14.2. The van der Waals surface area contributed by atoms with Crippen LogP contribution in [-0.4, -0.2) is 24.1 Å². The minimum atomic E-state index is -0.602. The lowest BCUT2D eigenvalue weighted by molar-refractivity contribution is 0.102. The first-order valence-electron chi connectivity index (χ1n) is 7.79. The number of aromatic nitrogens is 1. The van der Waals surface area contributed by atoms with Crippen molar-refractivity contribution < 1.29 is 18.7 Å². The van der Waals surface area contributed by atoms with Gasteiger partial charge in [-0.1, -0.05) is 6.07 Å². The van der Waals surface area contributed by atoms with Gasteiger partial charge in [-0.25, -0.2) is 9.18 Å². The number of carbonyl (C=O) groups is 2. The third kappa shape index (κ3) is 3.77. The molecule has 2 aromatic carbocycles. The van der Waals surface area contributed by atoms with Gasteiger partial charge in [0.1, 0.15) is 5.82 Å². The number of benzene rings is 2. The average molecular weight is 353 g/mol. The van der Waals surface area contributed by atoms with E-state index >= 15 is 0 Å². The van der Waals surface area contributed by atoms with Gasteiger partial charge in [-0.05, 0) is 43.3 Å². The van der Waals surface area contributed by atoms with Gasteiger partial charge in [-0.3, -0.25) is 15.1 Å². The summed E-state index contributed by atoms with van der Waals surface area (Å²) in [7, 11) is 1.27. The van der Waals surface area contributed by atoms with Crippen molar-refractivity contribution in [3.63, 3.8) is 0 Å². The largest absolute Gasteiger partial charge is 0.453 e. The summed E-state index contributed by atoms with van der Waals surface area (Å²) in [5.41, 5.74) is 2.35. The van der Waals surface area contributed by atoms with Crippen LogP contribution in [0.15, 0.2) is 48.5 Å². The van der Waals surface area contributed by atoms with Gasteiger partial charge >= 0.3 is 6.09 Å². The van der Waals surface area contributed by atoms with Gasteiger partial charge in [0, 0.05) is 22.8 Å². The van der Waals surface area contributed by atoms with Crippen LogP contribution in [0.5, 0.6) is 0 Å². The van der Waals surface area contributed by atoms with E-state index in [-0.39, 0.29) is 11.7 Å². The quantitative estimate of drug-likeness (QED) is 0.742. The highest BCUT2D eigenvalue weighted by atomic mass is 19.1. The van der Waals surface area contributed by atoms with E-state index < -0.39 is 6.09 Å². The summed E-state index contributed by atoms with van der Waals surface area (Å²) in [6.45, 7) is 1.69. The molecule has 6 nitrogen and oxygen atoms in total. The second-order valence-electron chi connectivity index (χ2n) is 5.61. The van der Waals surface area contributed by atoms with Crippen molar-refractivity contribution in [3.8, 4) is 0 Å². The minimum absolute atomic E-state index is 0.351. The van der Waals surface area contributed by atoms with Crippen molar-refractivity contribution in [2.45, 2.75) is 6.92 Å².